The highest BCUT2D eigenvalue weighted by molar-refractivity contribution is 5.64. The van der Waals surface area contributed by atoms with Crippen LogP contribution in [0.4, 0.5) is 0 Å². The number of hydrogen-bond acceptors (Lipinski definition) is 1. The van der Waals surface area contributed by atoms with Crippen LogP contribution in [0.1, 0.15) is 12.8 Å². The minimum atomic E-state index is 0.719. The fourth-order valence-electron chi connectivity index (χ4n) is 1.14. The van der Waals surface area contributed by atoms with E-state index in [1.54, 1.807) is 6.08 Å². The molecule has 0 bridgehead atoms. The van der Waals surface area contributed by atoms with Crippen molar-refractivity contribution in [3.63, 3.8) is 0 Å². The molecule has 2 unspecified atom stereocenters. The van der Waals surface area contributed by atoms with Gasteiger partial charge in [0.25, 0.3) is 0 Å². The number of aldehydes is 1. The zero-order valence-electron chi connectivity index (χ0n) is 5.99. The van der Waals surface area contributed by atoms with Gasteiger partial charge >= 0.3 is 0 Å². The van der Waals surface area contributed by atoms with Crippen LogP contribution in [0.2, 0.25) is 0 Å². The summed E-state index contributed by atoms with van der Waals surface area (Å²) >= 11 is 0. The van der Waals surface area contributed by atoms with E-state index in [4.69, 9.17) is 0 Å². The van der Waals surface area contributed by atoms with Crippen LogP contribution in [0.25, 0.3) is 0 Å². The van der Waals surface area contributed by atoms with Gasteiger partial charge in [0.05, 0.1) is 0 Å². The zero-order valence-corrected chi connectivity index (χ0v) is 5.99. The van der Waals surface area contributed by atoms with E-state index in [9.17, 15) is 4.79 Å². The average Bonchev–Trinajstić information content (AvgIpc) is 2.68. The Kier molecular flexibility index (Phi) is 2.43. The Morgan fingerprint density at radius 2 is 2.40 bits per heavy atom. The molecule has 1 aliphatic rings. The minimum absolute atomic E-state index is 0.719. The summed E-state index contributed by atoms with van der Waals surface area (Å²) in [6.45, 7) is 3.71. The van der Waals surface area contributed by atoms with Crippen LogP contribution in [0.15, 0.2) is 24.8 Å². The van der Waals surface area contributed by atoms with Gasteiger partial charge in [0.2, 0.25) is 0 Å². The van der Waals surface area contributed by atoms with Crippen LogP contribution in [-0.4, -0.2) is 6.29 Å². The van der Waals surface area contributed by atoms with E-state index in [1.165, 1.54) is 6.42 Å². The van der Waals surface area contributed by atoms with Crippen LogP contribution in [0.3, 0.4) is 0 Å². The van der Waals surface area contributed by atoms with Crippen molar-refractivity contribution in [1.82, 2.24) is 0 Å². The van der Waals surface area contributed by atoms with Crippen LogP contribution < -0.4 is 0 Å². The van der Waals surface area contributed by atoms with Crippen LogP contribution in [0.5, 0.6) is 0 Å². The van der Waals surface area contributed by atoms with Crippen molar-refractivity contribution in [2.45, 2.75) is 12.8 Å². The molecule has 1 nitrogen and oxygen atoms in total. The lowest BCUT2D eigenvalue weighted by Gasteiger charge is -1.85. The smallest absolute Gasteiger partial charge is 0.142 e. The summed E-state index contributed by atoms with van der Waals surface area (Å²) < 4.78 is 0. The van der Waals surface area contributed by atoms with Gasteiger partial charge in [-0.05, 0) is 30.8 Å². The maximum atomic E-state index is 9.85. The Labute approximate surface area is 61.4 Å². The first kappa shape index (κ1) is 7.26. The van der Waals surface area contributed by atoms with Crippen molar-refractivity contribution in [3.8, 4) is 0 Å². The number of carbonyl (C=O) groups is 1. The highest BCUT2D eigenvalue weighted by Gasteiger charge is 2.32. The molecule has 0 aliphatic heterocycles. The average molecular weight is 136 g/mol. The maximum Gasteiger partial charge on any atom is 0.142 e. The first-order valence-corrected chi connectivity index (χ1v) is 3.61. The molecular weight excluding hydrogens is 124 g/mol. The van der Waals surface area contributed by atoms with Gasteiger partial charge in [-0.1, -0.05) is 12.2 Å². The molecule has 54 valence electrons. The van der Waals surface area contributed by atoms with Crippen molar-refractivity contribution in [2.75, 3.05) is 0 Å². The highest BCUT2D eigenvalue weighted by atomic mass is 16.1. The Hall–Kier alpha value is -0.850. The number of carbonyl (C=O) groups excluding carboxylic acids is 1. The Morgan fingerprint density at radius 3 is 2.90 bits per heavy atom. The predicted octanol–water partition coefficient (Wildman–Crippen LogP) is 1.95. The molecule has 0 heterocycles. The lowest BCUT2D eigenvalue weighted by Crippen LogP contribution is -1.74. The second kappa shape index (κ2) is 3.35. The molecule has 0 aromatic heterocycles. The van der Waals surface area contributed by atoms with Gasteiger partial charge in [-0.3, -0.25) is 4.79 Å². The normalized spacial score (nSPS) is 30.4. The third-order valence-corrected chi connectivity index (χ3v) is 1.93. The van der Waals surface area contributed by atoms with E-state index in [1.807, 2.05) is 12.2 Å². The summed E-state index contributed by atoms with van der Waals surface area (Å²) in [5.74, 6) is 1.49. The topological polar surface area (TPSA) is 17.1 Å². The van der Waals surface area contributed by atoms with E-state index in [2.05, 4.69) is 6.58 Å². The van der Waals surface area contributed by atoms with Gasteiger partial charge in [-0.2, -0.15) is 0 Å². The molecule has 10 heavy (non-hydrogen) atoms. The Morgan fingerprint density at radius 1 is 1.60 bits per heavy atom. The Bertz CT molecular complexity index is 158. The van der Waals surface area contributed by atoms with Crippen molar-refractivity contribution < 1.29 is 4.79 Å². The summed E-state index contributed by atoms with van der Waals surface area (Å²) in [6.07, 6.45) is 8.62. The molecule has 0 aromatic carbocycles. The van der Waals surface area contributed by atoms with Crippen molar-refractivity contribution in [2.24, 2.45) is 11.8 Å². The summed E-state index contributed by atoms with van der Waals surface area (Å²) in [4.78, 5) is 9.85. The predicted molar refractivity (Wildman–Crippen MR) is 41.6 cm³/mol. The quantitative estimate of drug-likeness (QED) is 0.328. The maximum absolute atomic E-state index is 9.85. The van der Waals surface area contributed by atoms with E-state index in [0.29, 0.717) is 0 Å². The summed E-state index contributed by atoms with van der Waals surface area (Å²) in [7, 11) is 0. The second-order valence-corrected chi connectivity index (χ2v) is 2.70. The van der Waals surface area contributed by atoms with E-state index in [0.717, 1.165) is 24.5 Å². The molecule has 2 atom stereocenters. The minimum Gasteiger partial charge on any atom is -0.299 e. The highest BCUT2D eigenvalue weighted by Crippen LogP contribution is 2.41. The van der Waals surface area contributed by atoms with E-state index in [-0.39, 0.29) is 0 Å². The molecule has 0 N–H and O–H groups in total. The molecular formula is C9H12O. The van der Waals surface area contributed by atoms with Gasteiger partial charge in [-0.15, -0.1) is 6.58 Å². The lowest BCUT2D eigenvalue weighted by molar-refractivity contribution is -0.104. The van der Waals surface area contributed by atoms with Crippen molar-refractivity contribution >= 4 is 6.29 Å². The number of rotatable bonds is 4. The third-order valence-electron chi connectivity index (χ3n) is 1.93. The van der Waals surface area contributed by atoms with Gasteiger partial charge in [-0.25, -0.2) is 0 Å². The standard InChI is InChI=1S/C9H12O/c1-2-8-7-9(8)5-3-4-6-10/h2-4,6,8-9H,1,5,7H2. The van der Waals surface area contributed by atoms with Gasteiger partial charge < -0.3 is 0 Å². The second-order valence-electron chi connectivity index (χ2n) is 2.70. The fourth-order valence-corrected chi connectivity index (χ4v) is 1.14. The molecule has 1 rings (SSSR count). The molecule has 1 aliphatic carbocycles. The van der Waals surface area contributed by atoms with E-state index < -0.39 is 0 Å². The number of allylic oxidation sites excluding steroid dienone is 3. The molecule has 0 spiro atoms. The van der Waals surface area contributed by atoms with Gasteiger partial charge in [0.1, 0.15) is 6.29 Å². The first-order chi connectivity index (χ1) is 4.88. The molecule has 1 fully saturated rings. The first-order valence-electron chi connectivity index (χ1n) is 3.61. The van der Waals surface area contributed by atoms with Crippen LogP contribution in [-0.2, 0) is 4.79 Å². The third kappa shape index (κ3) is 1.83. The molecule has 1 heteroatoms. The monoisotopic (exact) mass is 136 g/mol. The van der Waals surface area contributed by atoms with E-state index >= 15 is 0 Å². The van der Waals surface area contributed by atoms with Gasteiger partial charge in [0, 0.05) is 0 Å². The molecule has 0 saturated heterocycles. The summed E-state index contributed by atoms with van der Waals surface area (Å²) in [5, 5.41) is 0. The molecule has 0 aromatic rings. The van der Waals surface area contributed by atoms with Crippen molar-refractivity contribution in [1.29, 1.82) is 0 Å². The summed E-state index contributed by atoms with van der Waals surface area (Å²) in [5.41, 5.74) is 0. The van der Waals surface area contributed by atoms with Gasteiger partial charge in [0.15, 0.2) is 0 Å². The fraction of sp³-hybridized carbons (Fsp3) is 0.444. The lowest BCUT2D eigenvalue weighted by atomic mass is 10.2. The van der Waals surface area contributed by atoms with Crippen LogP contribution in [0, 0.1) is 11.8 Å². The summed E-state index contributed by atoms with van der Waals surface area (Å²) in [6, 6.07) is 0. The van der Waals surface area contributed by atoms with Crippen molar-refractivity contribution in [3.05, 3.63) is 24.8 Å². The SMILES string of the molecule is C=CC1CC1CC=CC=O. The largest absolute Gasteiger partial charge is 0.299 e. The zero-order chi connectivity index (χ0) is 7.40. The number of hydrogen-bond donors (Lipinski definition) is 0. The molecule has 0 radical (unpaired) electrons. The molecule has 0 amide bonds. The molecule has 1 saturated carbocycles. The van der Waals surface area contributed by atoms with Crippen LogP contribution >= 0.6 is 0 Å². The Balaban J connectivity index is 2.11.